The molecule has 0 aliphatic rings. The molecule has 0 heterocycles. The van der Waals surface area contributed by atoms with Gasteiger partial charge in [0.25, 0.3) is 0 Å². The molecule has 0 aromatic heterocycles. The second kappa shape index (κ2) is 6.25. The second-order valence-electron chi connectivity index (χ2n) is 3.57. The van der Waals surface area contributed by atoms with Crippen LogP contribution < -0.4 is 5.32 Å². The molecule has 0 bridgehead atoms. The molecule has 0 radical (unpaired) electrons. The van der Waals surface area contributed by atoms with Crippen LogP contribution >= 0.6 is 0 Å². The van der Waals surface area contributed by atoms with Gasteiger partial charge in [0.15, 0.2) is 0 Å². The molecule has 88 valence electrons. The molecule has 1 rings (SSSR count). The molecule has 16 heavy (non-hydrogen) atoms. The Morgan fingerprint density at radius 2 is 2.00 bits per heavy atom. The van der Waals surface area contributed by atoms with Gasteiger partial charge in [0.05, 0.1) is 12.6 Å². The largest absolute Gasteiger partial charge is 0.394 e. The number of carbonyl (C=O) groups excluding carboxylic acids is 1. The lowest BCUT2D eigenvalue weighted by atomic mass is 10.0. The summed E-state index contributed by atoms with van der Waals surface area (Å²) in [6.07, 6.45) is -0.556. The van der Waals surface area contributed by atoms with Gasteiger partial charge in [-0.1, -0.05) is 37.3 Å². The van der Waals surface area contributed by atoms with Crippen LogP contribution in [0.5, 0.6) is 0 Å². The van der Waals surface area contributed by atoms with Crippen LogP contribution in [0.15, 0.2) is 30.3 Å². The summed E-state index contributed by atoms with van der Waals surface area (Å²) < 4.78 is 0. The molecule has 2 atom stereocenters. The van der Waals surface area contributed by atoms with Crippen molar-refractivity contribution in [3.8, 4) is 0 Å². The topological polar surface area (TPSA) is 69.6 Å². The normalized spacial score (nSPS) is 14.2. The number of benzene rings is 1. The third kappa shape index (κ3) is 3.32. The van der Waals surface area contributed by atoms with E-state index in [9.17, 15) is 9.90 Å². The summed E-state index contributed by atoms with van der Waals surface area (Å²) in [5, 5.41) is 21.7. The van der Waals surface area contributed by atoms with Gasteiger partial charge in [-0.25, -0.2) is 0 Å². The highest BCUT2D eigenvalue weighted by molar-refractivity contribution is 5.75. The summed E-state index contributed by atoms with van der Waals surface area (Å²) >= 11 is 0. The van der Waals surface area contributed by atoms with Crippen molar-refractivity contribution < 1.29 is 15.0 Å². The summed E-state index contributed by atoms with van der Waals surface area (Å²) in [5.74, 6) is -0.186. The summed E-state index contributed by atoms with van der Waals surface area (Å²) in [5.41, 5.74) is 0.679. The Bertz CT molecular complexity index is 326. The van der Waals surface area contributed by atoms with Crippen molar-refractivity contribution in [2.24, 2.45) is 0 Å². The highest BCUT2D eigenvalue weighted by Gasteiger charge is 2.21. The molecule has 0 aliphatic heterocycles. The molecule has 1 aromatic rings. The minimum atomic E-state index is -0.887. The van der Waals surface area contributed by atoms with Gasteiger partial charge in [-0.3, -0.25) is 4.79 Å². The van der Waals surface area contributed by atoms with Crippen molar-refractivity contribution >= 4 is 5.91 Å². The van der Waals surface area contributed by atoms with Crippen molar-refractivity contribution in [1.29, 1.82) is 0 Å². The van der Waals surface area contributed by atoms with Gasteiger partial charge in [-0.2, -0.15) is 0 Å². The van der Waals surface area contributed by atoms with Crippen LogP contribution in [0.25, 0.3) is 0 Å². The lowest BCUT2D eigenvalue weighted by Gasteiger charge is -2.22. The summed E-state index contributed by atoms with van der Waals surface area (Å²) in [6, 6.07) is 8.30. The van der Waals surface area contributed by atoms with Gasteiger partial charge in [0, 0.05) is 6.42 Å². The van der Waals surface area contributed by atoms with Gasteiger partial charge >= 0.3 is 0 Å². The average molecular weight is 223 g/mol. The molecule has 0 aliphatic carbocycles. The van der Waals surface area contributed by atoms with Crippen molar-refractivity contribution in [2.75, 3.05) is 6.61 Å². The maximum Gasteiger partial charge on any atom is 0.220 e. The Kier molecular flexibility index (Phi) is 4.95. The summed E-state index contributed by atoms with van der Waals surface area (Å²) in [6.45, 7) is 1.43. The Morgan fingerprint density at radius 3 is 2.50 bits per heavy atom. The maximum atomic E-state index is 11.2. The molecule has 0 saturated carbocycles. The minimum absolute atomic E-state index is 0.186. The van der Waals surface area contributed by atoms with E-state index in [1.165, 1.54) is 0 Å². The average Bonchev–Trinajstić information content (AvgIpc) is 2.35. The highest BCUT2D eigenvalue weighted by atomic mass is 16.3. The van der Waals surface area contributed by atoms with Gasteiger partial charge in [-0.15, -0.1) is 0 Å². The molecule has 0 spiro atoms. The molecule has 0 fully saturated rings. The smallest absolute Gasteiger partial charge is 0.220 e. The SMILES string of the molecule is CCC(=O)NC(CO)C(O)c1ccccc1. The van der Waals surface area contributed by atoms with E-state index in [2.05, 4.69) is 5.32 Å². The van der Waals surface area contributed by atoms with E-state index in [4.69, 9.17) is 5.11 Å². The number of aliphatic hydroxyl groups is 2. The van der Waals surface area contributed by atoms with E-state index in [1.54, 1.807) is 31.2 Å². The number of aliphatic hydroxyl groups excluding tert-OH is 2. The Hall–Kier alpha value is -1.39. The number of carbonyl (C=O) groups is 1. The van der Waals surface area contributed by atoms with Crippen molar-refractivity contribution in [2.45, 2.75) is 25.5 Å². The molecule has 1 aromatic carbocycles. The lowest BCUT2D eigenvalue weighted by Crippen LogP contribution is -2.41. The van der Waals surface area contributed by atoms with E-state index in [0.717, 1.165) is 0 Å². The Labute approximate surface area is 94.9 Å². The van der Waals surface area contributed by atoms with E-state index in [-0.39, 0.29) is 12.5 Å². The zero-order valence-corrected chi connectivity index (χ0v) is 9.26. The standard InChI is InChI=1S/C12H17NO3/c1-2-11(15)13-10(8-14)12(16)9-6-4-3-5-7-9/h3-7,10,12,14,16H,2,8H2,1H3,(H,13,15). The first kappa shape index (κ1) is 12.7. The Morgan fingerprint density at radius 1 is 1.38 bits per heavy atom. The predicted octanol–water partition coefficient (Wildman–Crippen LogP) is 0.607. The van der Waals surface area contributed by atoms with E-state index in [1.807, 2.05) is 6.07 Å². The number of hydrogen-bond acceptors (Lipinski definition) is 3. The molecule has 1 amide bonds. The van der Waals surface area contributed by atoms with Crippen LogP contribution in [0.3, 0.4) is 0 Å². The monoisotopic (exact) mass is 223 g/mol. The third-order valence-electron chi connectivity index (χ3n) is 2.39. The van der Waals surface area contributed by atoms with E-state index < -0.39 is 12.1 Å². The molecule has 4 heteroatoms. The van der Waals surface area contributed by atoms with Crippen LogP contribution in [-0.2, 0) is 4.79 Å². The predicted molar refractivity (Wildman–Crippen MR) is 60.7 cm³/mol. The zero-order chi connectivity index (χ0) is 12.0. The van der Waals surface area contributed by atoms with Crippen LogP contribution in [0.2, 0.25) is 0 Å². The number of rotatable bonds is 5. The molecular weight excluding hydrogens is 206 g/mol. The minimum Gasteiger partial charge on any atom is -0.394 e. The zero-order valence-electron chi connectivity index (χ0n) is 9.26. The van der Waals surface area contributed by atoms with Crippen LogP contribution in [0.1, 0.15) is 25.0 Å². The first-order valence-corrected chi connectivity index (χ1v) is 5.32. The van der Waals surface area contributed by atoms with Crippen LogP contribution in [-0.4, -0.2) is 28.8 Å². The third-order valence-corrected chi connectivity index (χ3v) is 2.39. The molecular formula is C12H17NO3. The van der Waals surface area contributed by atoms with Crippen molar-refractivity contribution in [3.05, 3.63) is 35.9 Å². The van der Waals surface area contributed by atoms with Gasteiger partial charge in [-0.05, 0) is 5.56 Å². The molecule has 3 N–H and O–H groups in total. The van der Waals surface area contributed by atoms with Crippen molar-refractivity contribution in [1.82, 2.24) is 5.32 Å². The summed E-state index contributed by atoms with van der Waals surface area (Å²) in [4.78, 5) is 11.2. The number of amides is 1. The summed E-state index contributed by atoms with van der Waals surface area (Å²) in [7, 11) is 0. The second-order valence-corrected chi connectivity index (χ2v) is 3.57. The van der Waals surface area contributed by atoms with Crippen LogP contribution in [0, 0.1) is 0 Å². The van der Waals surface area contributed by atoms with E-state index in [0.29, 0.717) is 12.0 Å². The fourth-order valence-corrected chi connectivity index (χ4v) is 1.42. The van der Waals surface area contributed by atoms with Gasteiger partial charge < -0.3 is 15.5 Å². The highest BCUT2D eigenvalue weighted by Crippen LogP contribution is 2.16. The van der Waals surface area contributed by atoms with Crippen LogP contribution in [0.4, 0.5) is 0 Å². The maximum absolute atomic E-state index is 11.2. The number of hydrogen-bond donors (Lipinski definition) is 3. The fraction of sp³-hybridized carbons (Fsp3) is 0.417. The van der Waals surface area contributed by atoms with Crippen molar-refractivity contribution in [3.63, 3.8) is 0 Å². The molecule has 0 saturated heterocycles. The molecule has 4 nitrogen and oxygen atoms in total. The van der Waals surface area contributed by atoms with Gasteiger partial charge in [0.2, 0.25) is 5.91 Å². The van der Waals surface area contributed by atoms with Gasteiger partial charge in [0.1, 0.15) is 6.10 Å². The number of nitrogens with one attached hydrogen (secondary N) is 1. The fourth-order valence-electron chi connectivity index (χ4n) is 1.42. The first-order chi connectivity index (χ1) is 7.69. The lowest BCUT2D eigenvalue weighted by molar-refractivity contribution is -0.122. The quantitative estimate of drug-likeness (QED) is 0.685. The first-order valence-electron chi connectivity index (χ1n) is 5.32. The molecule has 2 unspecified atom stereocenters. The Balaban J connectivity index is 2.70. The van der Waals surface area contributed by atoms with E-state index >= 15 is 0 Å².